The molecular formula is C14H19N3O3. The van der Waals surface area contributed by atoms with Gasteiger partial charge < -0.3 is 15.4 Å². The van der Waals surface area contributed by atoms with E-state index in [0.717, 1.165) is 6.42 Å². The van der Waals surface area contributed by atoms with E-state index in [2.05, 4.69) is 22.2 Å². The Morgan fingerprint density at radius 2 is 1.95 bits per heavy atom. The molecule has 1 aromatic rings. The summed E-state index contributed by atoms with van der Waals surface area (Å²) in [4.78, 5) is 27.6. The number of pyridine rings is 1. The maximum Gasteiger partial charge on any atom is 0.270 e. The zero-order chi connectivity index (χ0) is 14.8. The van der Waals surface area contributed by atoms with Gasteiger partial charge in [0, 0.05) is 26.8 Å². The summed E-state index contributed by atoms with van der Waals surface area (Å²) in [5, 5.41) is 5.32. The van der Waals surface area contributed by atoms with Crippen LogP contribution in [-0.4, -0.2) is 43.6 Å². The number of amides is 2. The van der Waals surface area contributed by atoms with Gasteiger partial charge in [-0.2, -0.15) is 0 Å². The third kappa shape index (κ3) is 5.19. The summed E-state index contributed by atoms with van der Waals surface area (Å²) >= 11 is 0. The van der Waals surface area contributed by atoms with Crippen LogP contribution in [0.1, 0.15) is 27.4 Å². The summed E-state index contributed by atoms with van der Waals surface area (Å²) < 4.78 is 4.89. The minimum Gasteiger partial charge on any atom is -0.385 e. The van der Waals surface area contributed by atoms with E-state index in [4.69, 9.17) is 4.74 Å². The fourth-order valence-electron chi connectivity index (χ4n) is 1.45. The first kappa shape index (κ1) is 15.8. The number of carbonyl (C=O) groups is 2. The van der Waals surface area contributed by atoms with Gasteiger partial charge in [-0.15, -0.1) is 6.58 Å². The number of ether oxygens (including phenoxy) is 1. The molecule has 0 aromatic carbocycles. The van der Waals surface area contributed by atoms with Gasteiger partial charge in [-0.1, -0.05) is 12.1 Å². The summed E-state index contributed by atoms with van der Waals surface area (Å²) in [5.74, 6) is -0.640. The van der Waals surface area contributed by atoms with Crippen molar-refractivity contribution in [3.8, 4) is 0 Å². The lowest BCUT2D eigenvalue weighted by Crippen LogP contribution is -2.28. The molecule has 1 heterocycles. The Bertz CT molecular complexity index is 474. The summed E-state index contributed by atoms with van der Waals surface area (Å²) in [6, 6.07) is 4.75. The largest absolute Gasteiger partial charge is 0.385 e. The number of nitrogens with one attached hydrogen (secondary N) is 2. The van der Waals surface area contributed by atoms with Crippen molar-refractivity contribution in [3.05, 3.63) is 42.2 Å². The summed E-state index contributed by atoms with van der Waals surface area (Å²) in [5.41, 5.74) is 0.421. The van der Waals surface area contributed by atoms with Gasteiger partial charge in [-0.25, -0.2) is 4.98 Å². The predicted molar refractivity (Wildman–Crippen MR) is 75.6 cm³/mol. The molecule has 0 fully saturated rings. The molecule has 2 amide bonds. The first-order valence-corrected chi connectivity index (χ1v) is 6.32. The quantitative estimate of drug-likeness (QED) is 0.543. The Kier molecular flexibility index (Phi) is 6.99. The van der Waals surface area contributed by atoms with Gasteiger partial charge in [-0.3, -0.25) is 9.59 Å². The molecule has 0 saturated heterocycles. The lowest BCUT2D eigenvalue weighted by molar-refractivity contribution is 0.0942. The normalized spacial score (nSPS) is 9.85. The van der Waals surface area contributed by atoms with E-state index in [1.54, 1.807) is 31.4 Å². The molecule has 6 nitrogen and oxygen atoms in total. The smallest absolute Gasteiger partial charge is 0.270 e. The number of rotatable bonds is 8. The van der Waals surface area contributed by atoms with Crippen LogP contribution in [0.5, 0.6) is 0 Å². The molecule has 6 heteroatoms. The Hall–Kier alpha value is -2.21. The third-order valence-corrected chi connectivity index (χ3v) is 2.43. The molecule has 0 radical (unpaired) electrons. The standard InChI is InChI=1S/C14H19N3O3/c1-3-8-15-13(18)11-6-4-7-12(17-11)14(19)16-9-5-10-20-2/h3-4,6-7H,1,5,8-10H2,2H3,(H,15,18)(H,16,19). The number of methoxy groups -OCH3 is 1. The third-order valence-electron chi connectivity index (χ3n) is 2.43. The van der Waals surface area contributed by atoms with Gasteiger partial charge in [0.05, 0.1) is 0 Å². The highest BCUT2D eigenvalue weighted by Crippen LogP contribution is 2.00. The Balaban J connectivity index is 2.60. The highest BCUT2D eigenvalue weighted by Gasteiger charge is 2.11. The molecule has 0 atom stereocenters. The molecule has 0 spiro atoms. The van der Waals surface area contributed by atoms with E-state index < -0.39 is 0 Å². The SMILES string of the molecule is C=CCNC(=O)c1cccc(C(=O)NCCCOC)n1. The number of hydrogen-bond donors (Lipinski definition) is 2. The monoisotopic (exact) mass is 277 g/mol. The van der Waals surface area contributed by atoms with Crippen molar-refractivity contribution in [1.82, 2.24) is 15.6 Å². The van der Waals surface area contributed by atoms with Crippen LogP contribution in [-0.2, 0) is 4.74 Å². The lowest BCUT2D eigenvalue weighted by atomic mass is 10.2. The topological polar surface area (TPSA) is 80.3 Å². The van der Waals surface area contributed by atoms with Crippen LogP contribution < -0.4 is 10.6 Å². The number of hydrogen-bond acceptors (Lipinski definition) is 4. The average Bonchev–Trinajstić information content (AvgIpc) is 2.49. The molecule has 1 rings (SSSR count). The first-order valence-electron chi connectivity index (χ1n) is 6.32. The van der Waals surface area contributed by atoms with E-state index in [-0.39, 0.29) is 23.2 Å². The Labute approximate surface area is 118 Å². The van der Waals surface area contributed by atoms with Gasteiger partial charge in [0.2, 0.25) is 0 Å². The Morgan fingerprint density at radius 3 is 2.55 bits per heavy atom. The molecule has 1 aromatic heterocycles. The van der Waals surface area contributed by atoms with Crippen LogP contribution in [0.2, 0.25) is 0 Å². The van der Waals surface area contributed by atoms with E-state index in [0.29, 0.717) is 19.7 Å². The summed E-state index contributed by atoms with van der Waals surface area (Å²) in [6.45, 7) is 4.95. The molecule has 0 bridgehead atoms. The van der Waals surface area contributed by atoms with Crippen LogP contribution in [0.15, 0.2) is 30.9 Å². The van der Waals surface area contributed by atoms with E-state index in [9.17, 15) is 9.59 Å². The van der Waals surface area contributed by atoms with Crippen molar-refractivity contribution in [2.75, 3.05) is 26.8 Å². The fourth-order valence-corrected chi connectivity index (χ4v) is 1.45. The van der Waals surface area contributed by atoms with Crippen LogP contribution in [0.3, 0.4) is 0 Å². The zero-order valence-electron chi connectivity index (χ0n) is 11.5. The second-order valence-electron chi connectivity index (χ2n) is 4.01. The van der Waals surface area contributed by atoms with Gasteiger partial charge in [-0.05, 0) is 18.6 Å². The lowest BCUT2D eigenvalue weighted by Gasteiger charge is -2.06. The Morgan fingerprint density at radius 1 is 1.30 bits per heavy atom. The number of carbonyl (C=O) groups excluding carboxylic acids is 2. The van der Waals surface area contributed by atoms with Gasteiger partial charge in [0.15, 0.2) is 0 Å². The zero-order valence-corrected chi connectivity index (χ0v) is 11.5. The van der Waals surface area contributed by atoms with Gasteiger partial charge >= 0.3 is 0 Å². The maximum atomic E-state index is 11.8. The second-order valence-corrected chi connectivity index (χ2v) is 4.01. The highest BCUT2D eigenvalue weighted by atomic mass is 16.5. The first-order chi connectivity index (χ1) is 9.69. The van der Waals surface area contributed by atoms with E-state index >= 15 is 0 Å². The van der Waals surface area contributed by atoms with Crippen LogP contribution in [0, 0.1) is 0 Å². The summed E-state index contributed by atoms with van der Waals surface area (Å²) in [6.07, 6.45) is 2.30. The number of nitrogens with zero attached hydrogens (tertiary/aromatic N) is 1. The molecular weight excluding hydrogens is 258 g/mol. The van der Waals surface area contributed by atoms with E-state index in [1.807, 2.05) is 0 Å². The van der Waals surface area contributed by atoms with Crippen molar-refractivity contribution < 1.29 is 14.3 Å². The second kappa shape index (κ2) is 8.82. The molecule has 2 N–H and O–H groups in total. The maximum absolute atomic E-state index is 11.8. The molecule has 0 unspecified atom stereocenters. The van der Waals surface area contributed by atoms with Crippen molar-refractivity contribution in [2.24, 2.45) is 0 Å². The average molecular weight is 277 g/mol. The molecule has 0 aliphatic heterocycles. The van der Waals surface area contributed by atoms with Crippen LogP contribution >= 0.6 is 0 Å². The van der Waals surface area contributed by atoms with E-state index in [1.165, 1.54) is 0 Å². The van der Waals surface area contributed by atoms with Crippen molar-refractivity contribution >= 4 is 11.8 Å². The molecule has 108 valence electrons. The van der Waals surface area contributed by atoms with Crippen molar-refractivity contribution in [1.29, 1.82) is 0 Å². The summed E-state index contributed by atoms with van der Waals surface area (Å²) in [7, 11) is 1.61. The molecule has 0 saturated carbocycles. The number of aromatic nitrogens is 1. The van der Waals surface area contributed by atoms with Crippen LogP contribution in [0.4, 0.5) is 0 Å². The molecule has 20 heavy (non-hydrogen) atoms. The predicted octanol–water partition coefficient (Wildman–Crippen LogP) is 0.764. The van der Waals surface area contributed by atoms with Gasteiger partial charge in [0.25, 0.3) is 11.8 Å². The van der Waals surface area contributed by atoms with Crippen molar-refractivity contribution in [2.45, 2.75) is 6.42 Å². The molecule has 0 aliphatic carbocycles. The molecule has 0 aliphatic rings. The van der Waals surface area contributed by atoms with Crippen LogP contribution in [0.25, 0.3) is 0 Å². The minimum absolute atomic E-state index is 0.205. The van der Waals surface area contributed by atoms with Crippen molar-refractivity contribution in [3.63, 3.8) is 0 Å². The minimum atomic E-state index is -0.334. The van der Waals surface area contributed by atoms with Gasteiger partial charge in [0.1, 0.15) is 11.4 Å². The fraction of sp³-hybridized carbons (Fsp3) is 0.357. The highest BCUT2D eigenvalue weighted by molar-refractivity contribution is 5.96.